The summed E-state index contributed by atoms with van der Waals surface area (Å²) in [5.74, 6) is -0.0167. The molecular formula is C18H28N2O2. The topological polar surface area (TPSA) is 49.4 Å². The van der Waals surface area contributed by atoms with Gasteiger partial charge in [-0.1, -0.05) is 44.2 Å². The summed E-state index contributed by atoms with van der Waals surface area (Å²) in [5, 5.41) is 2.87. The van der Waals surface area contributed by atoms with Crippen LogP contribution in [0.15, 0.2) is 30.3 Å². The van der Waals surface area contributed by atoms with Crippen LogP contribution in [-0.2, 0) is 16.0 Å². The normalized spacial score (nSPS) is 11.8. The summed E-state index contributed by atoms with van der Waals surface area (Å²) in [7, 11) is 0. The van der Waals surface area contributed by atoms with Gasteiger partial charge in [0.05, 0.1) is 0 Å². The first-order valence-electron chi connectivity index (χ1n) is 8.21. The summed E-state index contributed by atoms with van der Waals surface area (Å²) < 4.78 is 0. The zero-order valence-corrected chi connectivity index (χ0v) is 14.0. The van der Waals surface area contributed by atoms with E-state index in [9.17, 15) is 9.59 Å². The van der Waals surface area contributed by atoms with Crippen LogP contribution in [-0.4, -0.2) is 35.8 Å². The van der Waals surface area contributed by atoms with Crippen molar-refractivity contribution in [2.45, 2.75) is 52.5 Å². The first-order chi connectivity index (χ1) is 10.6. The third-order valence-corrected chi connectivity index (χ3v) is 3.66. The second-order valence-electron chi connectivity index (χ2n) is 5.54. The summed E-state index contributed by atoms with van der Waals surface area (Å²) in [5.41, 5.74) is 1.18. The van der Waals surface area contributed by atoms with Gasteiger partial charge in [0.25, 0.3) is 0 Å². The van der Waals surface area contributed by atoms with E-state index in [2.05, 4.69) is 5.32 Å². The molecule has 0 fully saturated rings. The van der Waals surface area contributed by atoms with Gasteiger partial charge in [-0.3, -0.25) is 9.59 Å². The van der Waals surface area contributed by atoms with Crippen LogP contribution in [0.5, 0.6) is 0 Å². The van der Waals surface area contributed by atoms with Gasteiger partial charge in [-0.05, 0) is 31.7 Å². The smallest absolute Gasteiger partial charge is 0.242 e. The Balaban J connectivity index is 2.70. The Labute approximate surface area is 133 Å². The van der Waals surface area contributed by atoms with Crippen molar-refractivity contribution < 1.29 is 9.59 Å². The van der Waals surface area contributed by atoms with Gasteiger partial charge in [-0.15, -0.1) is 0 Å². The molecule has 0 aliphatic carbocycles. The fourth-order valence-corrected chi connectivity index (χ4v) is 2.32. The van der Waals surface area contributed by atoms with E-state index < -0.39 is 6.04 Å². The molecular weight excluding hydrogens is 276 g/mol. The first kappa shape index (κ1) is 18.2. The Bertz CT molecular complexity index is 459. The number of benzene rings is 1. The molecule has 0 aliphatic heterocycles. The lowest BCUT2D eigenvalue weighted by Crippen LogP contribution is -2.48. The van der Waals surface area contributed by atoms with E-state index in [1.54, 1.807) is 4.90 Å². The zero-order chi connectivity index (χ0) is 16.4. The highest BCUT2D eigenvalue weighted by molar-refractivity contribution is 5.87. The molecule has 0 radical (unpaired) electrons. The maximum Gasteiger partial charge on any atom is 0.242 e. The molecule has 0 unspecified atom stereocenters. The summed E-state index contributed by atoms with van der Waals surface area (Å²) in [4.78, 5) is 26.2. The molecule has 1 N–H and O–H groups in total. The van der Waals surface area contributed by atoms with E-state index in [1.165, 1.54) is 5.56 Å². The highest BCUT2D eigenvalue weighted by atomic mass is 16.2. The average Bonchev–Trinajstić information content (AvgIpc) is 2.53. The molecule has 0 saturated heterocycles. The quantitative estimate of drug-likeness (QED) is 0.762. The number of nitrogens with one attached hydrogen (secondary N) is 1. The van der Waals surface area contributed by atoms with Crippen LogP contribution in [0.3, 0.4) is 0 Å². The van der Waals surface area contributed by atoms with E-state index in [0.29, 0.717) is 19.5 Å². The SMILES string of the molecule is CCCNC(=O)[C@H](C)N(CCc1ccccc1)C(=O)CCC. The minimum absolute atomic E-state index is 0.0533. The lowest BCUT2D eigenvalue weighted by molar-refractivity contribution is -0.139. The molecule has 4 heteroatoms. The van der Waals surface area contributed by atoms with Crippen LogP contribution < -0.4 is 5.32 Å². The minimum Gasteiger partial charge on any atom is -0.354 e. The van der Waals surface area contributed by atoms with Crippen LogP contribution in [0.25, 0.3) is 0 Å². The molecule has 1 aromatic rings. The van der Waals surface area contributed by atoms with Crippen molar-refractivity contribution in [3.63, 3.8) is 0 Å². The third-order valence-electron chi connectivity index (χ3n) is 3.66. The highest BCUT2D eigenvalue weighted by Gasteiger charge is 2.24. The summed E-state index contributed by atoms with van der Waals surface area (Å²) >= 11 is 0. The number of hydrogen-bond acceptors (Lipinski definition) is 2. The number of amides is 2. The predicted molar refractivity (Wildman–Crippen MR) is 89.5 cm³/mol. The third kappa shape index (κ3) is 5.88. The van der Waals surface area contributed by atoms with Gasteiger partial charge >= 0.3 is 0 Å². The standard InChI is InChI=1S/C18H28N2O2/c1-4-9-17(21)20(15(3)18(22)19-13-5-2)14-12-16-10-7-6-8-11-16/h6-8,10-11,15H,4-5,9,12-14H2,1-3H3,(H,19,22)/t15-/m0/s1. The van der Waals surface area contributed by atoms with Gasteiger partial charge in [-0.2, -0.15) is 0 Å². The van der Waals surface area contributed by atoms with Crippen molar-refractivity contribution in [1.29, 1.82) is 0 Å². The Morgan fingerprint density at radius 2 is 1.82 bits per heavy atom. The molecule has 0 aromatic heterocycles. The van der Waals surface area contributed by atoms with Gasteiger partial charge in [0, 0.05) is 19.5 Å². The van der Waals surface area contributed by atoms with Crippen molar-refractivity contribution >= 4 is 11.8 Å². The van der Waals surface area contributed by atoms with Gasteiger partial charge in [0.15, 0.2) is 0 Å². The van der Waals surface area contributed by atoms with Gasteiger partial charge in [-0.25, -0.2) is 0 Å². The van der Waals surface area contributed by atoms with Crippen molar-refractivity contribution in [3.05, 3.63) is 35.9 Å². The van der Waals surface area contributed by atoms with Crippen molar-refractivity contribution in [1.82, 2.24) is 10.2 Å². The van der Waals surface area contributed by atoms with Crippen LogP contribution in [0.4, 0.5) is 0 Å². The Kier molecular flexibility index (Phi) is 8.26. The van der Waals surface area contributed by atoms with E-state index in [0.717, 1.165) is 19.3 Å². The Hall–Kier alpha value is -1.84. The molecule has 4 nitrogen and oxygen atoms in total. The van der Waals surface area contributed by atoms with Crippen molar-refractivity contribution in [3.8, 4) is 0 Å². The molecule has 2 amide bonds. The number of hydrogen-bond donors (Lipinski definition) is 1. The lowest BCUT2D eigenvalue weighted by Gasteiger charge is -2.28. The molecule has 1 aromatic carbocycles. The fraction of sp³-hybridized carbons (Fsp3) is 0.556. The molecule has 0 spiro atoms. The molecule has 0 saturated carbocycles. The molecule has 22 heavy (non-hydrogen) atoms. The van der Waals surface area contributed by atoms with Crippen LogP contribution in [0, 0.1) is 0 Å². The average molecular weight is 304 g/mol. The summed E-state index contributed by atoms with van der Waals surface area (Å²) in [6.07, 6.45) is 2.94. The van der Waals surface area contributed by atoms with Crippen molar-refractivity contribution in [2.75, 3.05) is 13.1 Å². The van der Waals surface area contributed by atoms with E-state index in [-0.39, 0.29) is 11.8 Å². The second-order valence-corrected chi connectivity index (χ2v) is 5.54. The van der Waals surface area contributed by atoms with Crippen LogP contribution in [0.1, 0.15) is 45.6 Å². The number of carbonyl (C=O) groups is 2. The van der Waals surface area contributed by atoms with Crippen molar-refractivity contribution in [2.24, 2.45) is 0 Å². The Morgan fingerprint density at radius 3 is 2.41 bits per heavy atom. The maximum absolute atomic E-state index is 12.3. The lowest BCUT2D eigenvalue weighted by atomic mass is 10.1. The monoisotopic (exact) mass is 304 g/mol. The van der Waals surface area contributed by atoms with Gasteiger partial charge in [0.2, 0.25) is 11.8 Å². The molecule has 0 heterocycles. The predicted octanol–water partition coefficient (Wildman–Crippen LogP) is 2.77. The van der Waals surface area contributed by atoms with E-state index in [4.69, 9.17) is 0 Å². The Morgan fingerprint density at radius 1 is 1.14 bits per heavy atom. The van der Waals surface area contributed by atoms with Crippen LogP contribution >= 0.6 is 0 Å². The largest absolute Gasteiger partial charge is 0.354 e. The maximum atomic E-state index is 12.3. The second kappa shape index (κ2) is 9.98. The zero-order valence-electron chi connectivity index (χ0n) is 14.0. The number of nitrogens with zero attached hydrogens (tertiary/aromatic N) is 1. The van der Waals surface area contributed by atoms with E-state index >= 15 is 0 Å². The van der Waals surface area contributed by atoms with Gasteiger partial charge in [0.1, 0.15) is 6.04 Å². The number of rotatable bonds is 9. The highest BCUT2D eigenvalue weighted by Crippen LogP contribution is 2.08. The van der Waals surface area contributed by atoms with Gasteiger partial charge < -0.3 is 10.2 Å². The summed E-state index contributed by atoms with van der Waals surface area (Å²) in [6, 6.07) is 9.63. The summed E-state index contributed by atoms with van der Waals surface area (Å²) in [6.45, 7) is 7.03. The molecule has 1 rings (SSSR count). The minimum atomic E-state index is -0.422. The molecule has 0 aliphatic rings. The molecule has 1 atom stereocenters. The van der Waals surface area contributed by atoms with E-state index in [1.807, 2.05) is 51.1 Å². The molecule has 0 bridgehead atoms. The first-order valence-corrected chi connectivity index (χ1v) is 8.21. The fourth-order valence-electron chi connectivity index (χ4n) is 2.32. The number of carbonyl (C=O) groups excluding carboxylic acids is 2. The van der Waals surface area contributed by atoms with Crippen LogP contribution in [0.2, 0.25) is 0 Å². The molecule has 122 valence electrons.